The van der Waals surface area contributed by atoms with E-state index < -0.39 is 0 Å². The third-order valence-electron chi connectivity index (χ3n) is 3.22. The van der Waals surface area contributed by atoms with Gasteiger partial charge in [0, 0.05) is 31.9 Å². The topological polar surface area (TPSA) is 48.4 Å². The number of hydrogen-bond donors (Lipinski definition) is 2. The molecule has 1 aliphatic rings. The Morgan fingerprint density at radius 1 is 1.50 bits per heavy atom. The van der Waals surface area contributed by atoms with Crippen molar-refractivity contribution in [2.45, 2.75) is 25.4 Å². The maximum atomic E-state index is 13.1. The van der Waals surface area contributed by atoms with E-state index in [9.17, 15) is 4.39 Å². The molecule has 1 saturated heterocycles. The Bertz CT molecular complexity index is 369. The minimum Gasteiger partial charge on any atom is -0.395 e. The standard InChI is InChI=1S/C13H20FN3O/c14-12-6-11(7-15-8-12)9-17(4-5-18)10-13-2-1-3-16-13/h6-8,13,16,18H,1-5,9-10H2. The number of hydrogen-bond acceptors (Lipinski definition) is 4. The van der Waals surface area contributed by atoms with Crippen LogP contribution in [0.15, 0.2) is 18.5 Å². The average molecular weight is 253 g/mol. The van der Waals surface area contributed by atoms with Crippen molar-refractivity contribution in [2.75, 3.05) is 26.2 Å². The summed E-state index contributed by atoms with van der Waals surface area (Å²) in [6.45, 7) is 3.31. The third-order valence-corrected chi connectivity index (χ3v) is 3.22. The van der Waals surface area contributed by atoms with E-state index >= 15 is 0 Å². The fourth-order valence-electron chi connectivity index (χ4n) is 2.40. The van der Waals surface area contributed by atoms with Crippen molar-refractivity contribution < 1.29 is 9.50 Å². The molecule has 0 aliphatic carbocycles. The highest BCUT2D eigenvalue weighted by molar-refractivity contribution is 5.10. The molecular weight excluding hydrogens is 233 g/mol. The Hall–Kier alpha value is -1.04. The summed E-state index contributed by atoms with van der Waals surface area (Å²) in [5, 5.41) is 12.5. The summed E-state index contributed by atoms with van der Waals surface area (Å²) in [7, 11) is 0. The number of halogens is 1. The van der Waals surface area contributed by atoms with E-state index in [1.54, 1.807) is 6.20 Å². The summed E-state index contributed by atoms with van der Waals surface area (Å²) in [6.07, 6.45) is 5.26. The number of aliphatic hydroxyl groups is 1. The fraction of sp³-hybridized carbons (Fsp3) is 0.615. The molecule has 4 nitrogen and oxygen atoms in total. The maximum absolute atomic E-state index is 13.1. The predicted molar refractivity (Wildman–Crippen MR) is 67.6 cm³/mol. The van der Waals surface area contributed by atoms with Gasteiger partial charge in [-0.2, -0.15) is 0 Å². The SMILES string of the molecule is OCCN(Cc1cncc(F)c1)CC1CCCN1. The highest BCUT2D eigenvalue weighted by Gasteiger charge is 2.17. The molecule has 2 heterocycles. The summed E-state index contributed by atoms with van der Waals surface area (Å²) in [4.78, 5) is 5.99. The van der Waals surface area contributed by atoms with Crippen molar-refractivity contribution in [3.63, 3.8) is 0 Å². The van der Waals surface area contributed by atoms with Crippen molar-refractivity contribution in [1.29, 1.82) is 0 Å². The minimum absolute atomic E-state index is 0.121. The third kappa shape index (κ3) is 4.01. The lowest BCUT2D eigenvalue weighted by Crippen LogP contribution is -2.38. The quantitative estimate of drug-likeness (QED) is 0.786. The molecule has 18 heavy (non-hydrogen) atoms. The highest BCUT2D eigenvalue weighted by atomic mass is 19.1. The maximum Gasteiger partial charge on any atom is 0.141 e. The van der Waals surface area contributed by atoms with Crippen LogP contribution in [0.3, 0.4) is 0 Å². The minimum atomic E-state index is -0.310. The largest absolute Gasteiger partial charge is 0.395 e. The second-order valence-electron chi connectivity index (χ2n) is 4.76. The van der Waals surface area contributed by atoms with Gasteiger partial charge < -0.3 is 10.4 Å². The molecule has 1 aliphatic heterocycles. The smallest absolute Gasteiger partial charge is 0.141 e. The summed E-state index contributed by atoms with van der Waals surface area (Å²) in [5.41, 5.74) is 0.849. The van der Waals surface area contributed by atoms with E-state index in [-0.39, 0.29) is 12.4 Å². The zero-order valence-electron chi connectivity index (χ0n) is 10.5. The van der Waals surface area contributed by atoms with Crippen LogP contribution >= 0.6 is 0 Å². The van der Waals surface area contributed by atoms with Crippen LogP contribution in [0.4, 0.5) is 4.39 Å². The Morgan fingerprint density at radius 2 is 2.39 bits per heavy atom. The fourth-order valence-corrected chi connectivity index (χ4v) is 2.40. The number of aromatic nitrogens is 1. The van der Waals surface area contributed by atoms with Crippen LogP contribution in [0.1, 0.15) is 18.4 Å². The van der Waals surface area contributed by atoms with Crippen LogP contribution in [0, 0.1) is 5.82 Å². The van der Waals surface area contributed by atoms with E-state index in [1.807, 2.05) is 0 Å². The Labute approximate surface area is 107 Å². The van der Waals surface area contributed by atoms with E-state index in [0.29, 0.717) is 19.1 Å². The van der Waals surface area contributed by atoms with Crippen LogP contribution in [0.25, 0.3) is 0 Å². The molecule has 1 aromatic rings. The van der Waals surface area contributed by atoms with Crippen LogP contribution in [-0.4, -0.2) is 47.3 Å². The molecule has 0 radical (unpaired) electrons. The molecule has 1 fully saturated rings. The summed E-state index contributed by atoms with van der Waals surface area (Å²) in [5.74, 6) is -0.310. The van der Waals surface area contributed by atoms with Gasteiger partial charge in [-0.1, -0.05) is 0 Å². The Kier molecular flexibility index (Phi) is 5.04. The van der Waals surface area contributed by atoms with Crippen molar-refractivity contribution in [3.05, 3.63) is 29.8 Å². The lowest BCUT2D eigenvalue weighted by Gasteiger charge is -2.24. The number of rotatable bonds is 6. The van der Waals surface area contributed by atoms with Gasteiger partial charge in [0.2, 0.25) is 0 Å². The molecule has 1 atom stereocenters. The van der Waals surface area contributed by atoms with Gasteiger partial charge in [-0.05, 0) is 31.0 Å². The molecule has 0 aromatic carbocycles. The van der Waals surface area contributed by atoms with Gasteiger partial charge in [0.25, 0.3) is 0 Å². The summed E-state index contributed by atoms with van der Waals surface area (Å²) < 4.78 is 13.1. The molecule has 0 amide bonds. The van der Waals surface area contributed by atoms with Gasteiger partial charge in [0.1, 0.15) is 5.82 Å². The van der Waals surface area contributed by atoms with Crippen molar-refractivity contribution >= 4 is 0 Å². The molecular formula is C13H20FN3O. The molecule has 0 saturated carbocycles. The molecule has 1 unspecified atom stereocenters. The summed E-state index contributed by atoms with van der Waals surface area (Å²) in [6, 6.07) is 1.98. The Balaban J connectivity index is 1.92. The van der Waals surface area contributed by atoms with E-state index in [0.717, 1.165) is 18.7 Å². The molecule has 1 aromatic heterocycles. The number of nitrogens with one attached hydrogen (secondary N) is 1. The lowest BCUT2D eigenvalue weighted by atomic mass is 10.2. The van der Waals surface area contributed by atoms with Crippen LogP contribution in [-0.2, 0) is 6.54 Å². The number of nitrogens with zero attached hydrogens (tertiary/aromatic N) is 2. The zero-order chi connectivity index (χ0) is 12.8. The Morgan fingerprint density at radius 3 is 3.06 bits per heavy atom. The molecule has 0 spiro atoms. The second kappa shape index (κ2) is 6.78. The van der Waals surface area contributed by atoms with E-state index in [4.69, 9.17) is 5.11 Å². The van der Waals surface area contributed by atoms with Gasteiger partial charge in [-0.15, -0.1) is 0 Å². The molecule has 2 N–H and O–H groups in total. The van der Waals surface area contributed by atoms with Crippen molar-refractivity contribution in [2.24, 2.45) is 0 Å². The zero-order valence-corrected chi connectivity index (χ0v) is 10.5. The first-order valence-corrected chi connectivity index (χ1v) is 6.44. The van der Waals surface area contributed by atoms with Crippen LogP contribution < -0.4 is 5.32 Å². The molecule has 100 valence electrons. The second-order valence-corrected chi connectivity index (χ2v) is 4.76. The van der Waals surface area contributed by atoms with E-state index in [2.05, 4.69) is 15.2 Å². The monoisotopic (exact) mass is 253 g/mol. The predicted octanol–water partition coefficient (Wildman–Crippen LogP) is 0.767. The highest BCUT2D eigenvalue weighted by Crippen LogP contribution is 2.10. The van der Waals surface area contributed by atoms with E-state index in [1.165, 1.54) is 25.1 Å². The normalized spacial score (nSPS) is 19.6. The molecule has 5 heteroatoms. The van der Waals surface area contributed by atoms with Crippen molar-refractivity contribution in [1.82, 2.24) is 15.2 Å². The lowest BCUT2D eigenvalue weighted by molar-refractivity contribution is 0.179. The first-order chi connectivity index (χ1) is 8.78. The molecule has 0 bridgehead atoms. The van der Waals surface area contributed by atoms with Crippen molar-refractivity contribution in [3.8, 4) is 0 Å². The first kappa shape index (κ1) is 13.4. The van der Waals surface area contributed by atoms with Gasteiger partial charge in [0.05, 0.1) is 12.8 Å². The van der Waals surface area contributed by atoms with Crippen LogP contribution in [0.2, 0.25) is 0 Å². The summed E-state index contributed by atoms with van der Waals surface area (Å²) >= 11 is 0. The van der Waals surface area contributed by atoms with Gasteiger partial charge in [-0.3, -0.25) is 9.88 Å². The molecule has 2 rings (SSSR count). The average Bonchev–Trinajstić information content (AvgIpc) is 2.82. The number of pyridine rings is 1. The van der Waals surface area contributed by atoms with Gasteiger partial charge in [-0.25, -0.2) is 4.39 Å². The van der Waals surface area contributed by atoms with Gasteiger partial charge in [0.15, 0.2) is 0 Å². The number of aliphatic hydroxyl groups excluding tert-OH is 1. The van der Waals surface area contributed by atoms with Gasteiger partial charge >= 0.3 is 0 Å². The first-order valence-electron chi connectivity index (χ1n) is 6.44. The van der Waals surface area contributed by atoms with Crippen LogP contribution in [0.5, 0.6) is 0 Å².